The third-order valence-electron chi connectivity index (χ3n) is 3.10. The lowest BCUT2D eigenvalue weighted by atomic mass is 10.1. The fraction of sp³-hybridized carbons (Fsp3) is 1.00. The highest BCUT2D eigenvalue weighted by atomic mass is 16.3. The average molecular weight is 215 g/mol. The largest absolute Gasteiger partial charge is 0.395 e. The number of nitrogens with two attached hydrogens (primary N) is 1. The van der Waals surface area contributed by atoms with Gasteiger partial charge in [-0.15, -0.1) is 0 Å². The first-order chi connectivity index (χ1) is 7.17. The maximum Gasteiger partial charge on any atom is 0.0558 e. The number of aliphatic hydroxyl groups is 1. The summed E-state index contributed by atoms with van der Waals surface area (Å²) in [5.74, 6) is 0. The van der Waals surface area contributed by atoms with Crippen LogP contribution in [-0.2, 0) is 0 Å². The molecule has 1 fully saturated rings. The molecule has 2 unspecified atom stereocenters. The van der Waals surface area contributed by atoms with Gasteiger partial charge in [-0.1, -0.05) is 6.92 Å². The van der Waals surface area contributed by atoms with E-state index < -0.39 is 0 Å². The van der Waals surface area contributed by atoms with E-state index in [1.54, 1.807) is 0 Å². The van der Waals surface area contributed by atoms with Crippen molar-refractivity contribution < 1.29 is 5.11 Å². The Balaban J connectivity index is 2.41. The minimum atomic E-state index is 0.253. The number of hydrogen-bond acceptors (Lipinski definition) is 4. The van der Waals surface area contributed by atoms with E-state index in [4.69, 9.17) is 10.8 Å². The van der Waals surface area contributed by atoms with E-state index in [2.05, 4.69) is 23.6 Å². The molecule has 0 saturated carbocycles. The molecule has 3 N–H and O–H groups in total. The van der Waals surface area contributed by atoms with Crippen LogP contribution in [0.1, 0.15) is 20.3 Å². The van der Waals surface area contributed by atoms with Crippen molar-refractivity contribution >= 4 is 0 Å². The molecule has 15 heavy (non-hydrogen) atoms. The van der Waals surface area contributed by atoms with Crippen molar-refractivity contribution in [2.24, 2.45) is 5.73 Å². The summed E-state index contributed by atoms with van der Waals surface area (Å²) in [6.45, 7) is 9.57. The molecule has 4 heteroatoms. The second-order valence-electron chi connectivity index (χ2n) is 4.56. The lowest BCUT2D eigenvalue weighted by molar-refractivity contribution is 0.0586. The van der Waals surface area contributed by atoms with E-state index in [-0.39, 0.29) is 12.6 Å². The Kier molecular flexibility index (Phi) is 5.53. The van der Waals surface area contributed by atoms with Crippen LogP contribution in [0.5, 0.6) is 0 Å². The molecule has 1 aliphatic rings. The number of nitrogens with zero attached hydrogens (tertiary/aromatic N) is 2. The molecule has 1 aliphatic heterocycles. The predicted octanol–water partition coefficient (Wildman–Crippen LogP) is -0.278. The molecule has 1 saturated heterocycles. The van der Waals surface area contributed by atoms with Crippen LogP contribution < -0.4 is 5.73 Å². The standard InChI is InChI=1S/C11H25N3O/c1-3-11-9-13(6-7-15)4-5-14(11)8-10(2)12/h10-11,15H,3-9,12H2,1-2H3. The third kappa shape index (κ3) is 4.07. The molecule has 0 radical (unpaired) electrons. The van der Waals surface area contributed by atoms with Crippen LogP contribution in [-0.4, -0.2) is 66.3 Å². The van der Waals surface area contributed by atoms with Crippen LogP contribution in [0.3, 0.4) is 0 Å². The molecule has 0 aromatic carbocycles. The van der Waals surface area contributed by atoms with E-state index in [0.717, 1.165) is 39.1 Å². The fourth-order valence-corrected chi connectivity index (χ4v) is 2.30. The van der Waals surface area contributed by atoms with Gasteiger partial charge in [0.25, 0.3) is 0 Å². The highest BCUT2D eigenvalue weighted by Gasteiger charge is 2.25. The Bertz CT molecular complexity index is 175. The van der Waals surface area contributed by atoms with Gasteiger partial charge in [-0.25, -0.2) is 0 Å². The Morgan fingerprint density at radius 3 is 2.73 bits per heavy atom. The van der Waals surface area contributed by atoms with E-state index in [0.29, 0.717) is 6.04 Å². The van der Waals surface area contributed by atoms with Gasteiger partial charge < -0.3 is 10.8 Å². The smallest absolute Gasteiger partial charge is 0.0558 e. The SMILES string of the molecule is CCC1CN(CCO)CCN1CC(C)N. The zero-order valence-electron chi connectivity index (χ0n) is 10.0. The monoisotopic (exact) mass is 215 g/mol. The summed E-state index contributed by atoms with van der Waals surface area (Å²) >= 11 is 0. The van der Waals surface area contributed by atoms with E-state index in [1.165, 1.54) is 0 Å². The van der Waals surface area contributed by atoms with Crippen molar-refractivity contribution in [1.82, 2.24) is 9.80 Å². The maximum atomic E-state index is 8.91. The van der Waals surface area contributed by atoms with Gasteiger partial charge in [-0.05, 0) is 13.3 Å². The highest BCUT2D eigenvalue weighted by molar-refractivity contribution is 4.82. The van der Waals surface area contributed by atoms with E-state index in [9.17, 15) is 0 Å². The van der Waals surface area contributed by atoms with Gasteiger partial charge >= 0.3 is 0 Å². The Labute approximate surface area is 93.0 Å². The molecular weight excluding hydrogens is 190 g/mol. The summed E-state index contributed by atoms with van der Waals surface area (Å²) in [4.78, 5) is 4.82. The van der Waals surface area contributed by atoms with Crippen LogP contribution in [0.4, 0.5) is 0 Å². The summed E-state index contributed by atoms with van der Waals surface area (Å²) in [5.41, 5.74) is 5.84. The summed E-state index contributed by atoms with van der Waals surface area (Å²) < 4.78 is 0. The van der Waals surface area contributed by atoms with Crippen molar-refractivity contribution in [2.45, 2.75) is 32.4 Å². The van der Waals surface area contributed by atoms with Crippen molar-refractivity contribution in [3.63, 3.8) is 0 Å². The molecule has 4 nitrogen and oxygen atoms in total. The molecule has 2 atom stereocenters. The number of piperazine rings is 1. The quantitative estimate of drug-likeness (QED) is 0.662. The Hall–Kier alpha value is -0.160. The van der Waals surface area contributed by atoms with Gasteiger partial charge in [0.15, 0.2) is 0 Å². The van der Waals surface area contributed by atoms with Gasteiger partial charge in [0.05, 0.1) is 6.61 Å². The van der Waals surface area contributed by atoms with Gasteiger partial charge in [0, 0.05) is 44.8 Å². The molecule has 1 rings (SSSR count). The van der Waals surface area contributed by atoms with Crippen LogP contribution >= 0.6 is 0 Å². The van der Waals surface area contributed by atoms with Crippen molar-refractivity contribution in [1.29, 1.82) is 0 Å². The summed E-state index contributed by atoms with van der Waals surface area (Å²) in [7, 11) is 0. The fourth-order valence-electron chi connectivity index (χ4n) is 2.30. The van der Waals surface area contributed by atoms with Gasteiger partial charge in [-0.2, -0.15) is 0 Å². The zero-order chi connectivity index (χ0) is 11.3. The predicted molar refractivity (Wildman–Crippen MR) is 62.8 cm³/mol. The first-order valence-corrected chi connectivity index (χ1v) is 6.00. The van der Waals surface area contributed by atoms with Gasteiger partial charge in [0.1, 0.15) is 0 Å². The van der Waals surface area contributed by atoms with Crippen molar-refractivity contribution in [3.8, 4) is 0 Å². The molecule has 90 valence electrons. The minimum Gasteiger partial charge on any atom is -0.395 e. The number of aliphatic hydroxyl groups excluding tert-OH is 1. The minimum absolute atomic E-state index is 0.253. The Morgan fingerprint density at radius 1 is 1.47 bits per heavy atom. The van der Waals surface area contributed by atoms with Crippen LogP contribution in [0.25, 0.3) is 0 Å². The normalized spacial score (nSPS) is 26.8. The summed E-state index contributed by atoms with van der Waals surface area (Å²) in [6, 6.07) is 0.861. The second kappa shape index (κ2) is 6.43. The number of rotatable bonds is 5. The Morgan fingerprint density at radius 2 is 2.20 bits per heavy atom. The van der Waals surface area contributed by atoms with E-state index >= 15 is 0 Å². The molecule has 0 aromatic rings. The molecule has 0 bridgehead atoms. The van der Waals surface area contributed by atoms with Gasteiger partial charge in [0.2, 0.25) is 0 Å². The zero-order valence-corrected chi connectivity index (χ0v) is 10.0. The van der Waals surface area contributed by atoms with Crippen molar-refractivity contribution in [2.75, 3.05) is 39.3 Å². The number of β-amino-alcohol motifs (C(OH)–C–C–N with tert-alkyl or cyclic N) is 1. The number of hydrogen-bond donors (Lipinski definition) is 2. The van der Waals surface area contributed by atoms with Crippen LogP contribution in [0.2, 0.25) is 0 Å². The second-order valence-corrected chi connectivity index (χ2v) is 4.56. The third-order valence-corrected chi connectivity index (χ3v) is 3.10. The topological polar surface area (TPSA) is 52.7 Å². The van der Waals surface area contributed by atoms with Crippen LogP contribution in [0.15, 0.2) is 0 Å². The molecule has 0 aromatic heterocycles. The molecule has 0 aliphatic carbocycles. The van der Waals surface area contributed by atoms with E-state index in [1.807, 2.05) is 0 Å². The average Bonchev–Trinajstić information content (AvgIpc) is 2.20. The van der Waals surface area contributed by atoms with Gasteiger partial charge in [-0.3, -0.25) is 9.80 Å². The molecular formula is C11H25N3O. The summed E-state index contributed by atoms with van der Waals surface area (Å²) in [5, 5.41) is 8.91. The summed E-state index contributed by atoms with van der Waals surface area (Å²) in [6.07, 6.45) is 1.16. The lowest BCUT2D eigenvalue weighted by Gasteiger charge is -2.41. The highest BCUT2D eigenvalue weighted by Crippen LogP contribution is 2.12. The molecule has 0 spiro atoms. The molecule has 1 heterocycles. The first-order valence-electron chi connectivity index (χ1n) is 6.00. The molecule has 0 amide bonds. The lowest BCUT2D eigenvalue weighted by Crippen LogP contribution is -2.55. The first kappa shape index (κ1) is 12.9. The van der Waals surface area contributed by atoms with Crippen molar-refractivity contribution in [3.05, 3.63) is 0 Å². The van der Waals surface area contributed by atoms with Crippen LogP contribution in [0, 0.1) is 0 Å². The maximum absolute atomic E-state index is 8.91.